The fourth-order valence-electron chi connectivity index (χ4n) is 1.95. The molecule has 0 unspecified atom stereocenters. The van der Waals surface area contributed by atoms with Gasteiger partial charge >= 0.3 is 0 Å². The average Bonchev–Trinajstić information content (AvgIpc) is 2.32. The Bertz CT molecular complexity index is 445. The van der Waals surface area contributed by atoms with Gasteiger partial charge in [-0.05, 0) is 25.8 Å². The van der Waals surface area contributed by atoms with Crippen molar-refractivity contribution in [3.8, 4) is 0 Å². The highest BCUT2D eigenvalue weighted by molar-refractivity contribution is 5.79. The van der Waals surface area contributed by atoms with Crippen LogP contribution in [0, 0.1) is 5.92 Å². The Morgan fingerprint density at radius 1 is 1.56 bits per heavy atom. The molecule has 0 saturated heterocycles. The zero-order valence-electron chi connectivity index (χ0n) is 10.3. The van der Waals surface area contributed by atoms with E-state index in [9.17, 15) is 9.59 Å². The summed E-state index contributed by atoms with van der Waals surface area (Å²) < 4.78 is 5.40. The molecule has 0 radical (unpaired) electrons. The van der Waals surface area contributed by atoms with Gasteiger partial charge in [-0.1, -0.05) is 0 Å². The van der Waals surface area contributed by atoms with Gasteiger partial charge in [0.05, 0.1) is 18.3 Å². The van der Waals surface area contributed by atoms with Crippen molar-refractivity contribution in [1.29, 1.82) is 0 Å². The molecular formula is C12H17N3O3. The molecular weight excluding hydrogens is 234 g/mol. The van der Waals surface area contributed by atoms with Gasteiger partial charge in [-0.2, -0.15) is 5.10 Å². The molecule has 2 rings (SSSR count). The van der Waals surface area contributed by atoms with E-state index in [1.54, 1.807) is 6.07 Å². The van der Waals surface area contributed by atoms with Crippen LogP contribution >= 0.6 is 0 Å². The highest BCUT2D eigenvalue weighted by Crippen LogP contribution is 2.30. The second-order valence-electron chi connectivity index (χ2n) is 4.38. The Morgan fingerprint density at radius 2 is 2.33 bits per heavy atom. The van der Waals surface area contributed by atoms with Crippen LogP contribution in [-0.2, 0) is 16.1 Å². The maximum absolute atomic E-state index is 11.7. The van der Waals surface area contributed by atoms with Crippen molar-refractivity contribution < 1.29 is 9.53 Å². The Morgan fingerprint density at radius 3 is 2.94 bits per heavy atom. The molecule has 1 aliphatic rings. The number of aromatic nitrogens is 2. The number of rotatable bonds is 5. The Hall–Kier alpha value is -1.69. The van der Waals surface area contributed by atoms with Crippen LogP contribution in [0.2, 0.25) is 0 Å². The summed E-state index contributed by atoms with van der Waals surface area (Å²) in [7, 11) is 0. The summed E-state index contributed by atoms with van der Waals surface area (Å²) in [6.45, 7) is 2.99. The second kappa shape index (κ2) is 5.77. The number of carbonyl (C=O) groups is 1. The lowest BCUT2D eigenvalue weighted by atomic mass is 9.81. The normalized spacial score (nSPS) is 22.3. The van der Waals surface area contributed by atoms with Crippen molar-refractivity contribution in [2.45, 2.75) is 32.4 Å². The lowest BCUT2D eigenvalue weighted by Gasteiger charge is -2.33. The van der Waals surface area contributed by atoms with Gasteiger partial charge in [-0.25, -0.2) is 5.10 Å². The van der Waals surface area contributed by atoms with Crippen molar-refractivity contribution in [1.82, 2.24) is 15.5 Å². The van der Waals surface area contributed by atoms with E-state index in [4.69, 9.17) is 4.74 Å². The van der Waals surface area contributed by atoms with E-state index in [1.807, 2.05) is 6.92 Å². The van der Waals surface area contributed by atoms with E-state index in [-0.39, 0.29) is 23.5 Å². The first-order valence-electron chi connectivity index (χ1n) is 6.13. The Kier molecular flexibility index (Phi) is 4.09. The minimum atomic E-state index is -0.247. The third-order valence-electron chi connectivity index (χ3n) is 3.05. The predicted octanol–water partition coefficient (Wildman–Crippen LogP) is 0.201. The molecule has 1 aromatic rings. The molecule has 1 aromatic heterocycles. The van der Waals surface area contributed by atoms with Gasteiger partial charge in [0.1, 0.15) is 0 Å². The fraction of sp³-hybridized carbons (Fsp3) is 0.583. The molecule has 0 aromatic carbocycles. The molecule has 1 heterocycles. The molecule has 0 atom stereocenters. The first kappa shape index (κ1) is 12.8. The van der Waals surface area contributed by atoms with Crippen molar-refractivity contribution in [3.63, 3.8) is 0 Å². The van der Waals surface area contributed by atoms with E-state index in [0.717, 1.165) is 12.8 Å². The first-order valence-corrected chi connectivity index (χ1v) is 6.13. The second-order valence-corrected chi connectivity index (χ2v) is 4.38. The van der Waals surface area contributed by atoms with Crippen molar-refractivity contribution in [2.24, 2.45) is 5.92 Å². The predicted molar refractivity (Wildman–Crippen MR) is 64.8 cm³/mol. The summed E-state index contributed by atoms with van der Waals surface area (Å²) in [6.07, 6.45) is 1.81. The van der Waals surface area contributed by atoms with Gasteiger partial charge < -0.3 is 10.1 Å². The molecule has 0 bridgehead atoms. The molecule has 0 spiro atoms. The number of hydrogen-bond donors (Lipinski definition) is 2. The summed E-state index contributed by atoms with van der Waals surface area (Å²) in [5.74, 6) is 0.0725. The van der Waals surface area contributed by atoms with Crippen molar-refractivity contribution in [3.05, 3.63) is 28.2 Å². The largest absolute Gasteiger partial charge is 0.378 e. The number of carbonyl (C=O) groups excluding carboxylic acids is 1. The third kappa shape index (κ3) is 3.16. The fourth-order valence-corrected chi connectivity index (χ4v) is 1.95. The van der Waals surface area contributed by atoms with Crippen LogP contribution in [0.5, 0.6) is 0 Å². The van der Waals surface area contributed by atoms with Crippen molar-refractivity contribution in [2.75, 3.05) is 6.61 Å². The number of H-pyrrole nitrogens is 1. The van der Waals surface area contributed by atoms with E-state index < -0.39 is 0 Å². The topological polar surface area (TPSA) is 84.1 Å². The van der Waals surface area contributed by atoms with Crippen LogP contribution in [0.15, 0.2) is 16.9 Å². The first-order chi connectivity index (χ1) is 8.69. The number of nitrogens with one attached hydrogen (secondary N) is 2. The average molecular weight is 251 g/mol. The lowest BCUT2D eigenvalue weighted by molar-refractivity contribution is -0.133. The highest BCUT2D eigenvalue weighted by atomic mass is 16.5. The van der Waals surface area contributed by atoms with Crippen LogP contribution in [-0.4, -0.2) is 28.8 Å². The summed E-state index contributed by atoms with van der Waals surface area (Å²) in [4.78, 5) is 22.6. The summed E-state index contributed by atoms with van der Waals surface area (Å²) in [5, 5.41) is 8.95. The zero-order chi connectivity index (χ0) is 13.0. The molecule has 6 heteroatoms. The van der Waals surface area contributed by atoms with Gasteiger partial charge in [0.25, 0.3) is 5.56 Å². The smallest absolute Gasteiger partial charge is 0.264 e. The quantitative estimate of drug-likeness (QED) is 0.783. The van der Waals surface area contributed by atoms with Gasteiger partial charge in [0.2, 0.25) is 5.91 Å². The summed E-state index contributed by atoms with van der Waals surface area (Å²) in [6, 6.07) is 2.99. The van der Waals surface area contributed by atoms with Crippen LogP contribution in [0.1, 0.15) is 25.5 Å². The Balaban J connectivity index is 1.73. The minimum absolute atomic E-state index is 0.0268. The number of ether oxygens (including phenoxy) is 1. The van der Waals surface area contributed by atoms with Crippen LogP contribution < -0.4 is 10.9 Å². The molecule has 1 fully saturated rings. The molecule has 98 valence electrons. The third-order valence-corrected chi connectivity index (χ3v) is 3.05. The van der Waals surface area contributed by atoms with Gasteiger partial charge in [0.15, 0.2) is 0 Å². The van der Waals surface area contributed by atoms with E-state index in [0.29, 0.717) is 18.8 Å². The number of nitrogens with zero attached hydrogens (tertiary/aromatic N) is 1. The lowest BCUT2D eigenvalue weighted by Crippen LogP contribution is -2.42. The number of aromatic amines is 1. The monoisotopic (exact) mass is 251 g/mol. The van der Waals surface area contributed by atoms with Crippen LogP contribution in [0.4, 0.5) is 0 Å². The maximum atomic E-state index is 11.7. The van der Waals surface area contributed by atoms with E-state index in [1.165, 1.54) is 6.07 Å². The van der Waals surface area contributed by atoms with Gasteiger partial charge in [-0.3, -0.25) is 9.59 Å². The zero-order valence-corrected chi connectivity index (χ0v) is 10.3. The minimum Gasteiger partial charge on any atom is -0.378 e. The summed E-state index contributed by atoms with van der Waals surface area (Å²) >= 11 is 0. The molecule has 6 nitrogen and oxygen atoms in total. The molecule has 1 aliphatic carbocycles. The highest BCUT2D eigenvalue weighted by Gasteiger charge is 2.34. The van der Waals surface area contributed by atoms with E-state index >= 15 is 0 Å². The number of hydrogen-bond acceptors (Lipinski definition) is 4. The van der Waals surface area contributed by atoms with Gasteiger partial charge in [-0.15, -0.1) is 0 Å². The standard InChI is InChI=1S/C12H17N3O3/c1-2-18-10-5-8(6-10)12(17)13-7-9-3-4-11(16)15-14-9/h3-4,8,10H,2,5-7H2,1H3,(H,13,17)(H,15,16). The molecule has 18 heavy (non-hydrogen) atoms. The Labute approximate surface area is 105 Å². The van der Waals surface area contributed by atoms with Gasteiger partial charge in [0, 0.05) is 18.6 Å². The SMILES string of the molecule is CCOC1CC(C(=O)NCc2ccc(=O)[nH]n2)C1. The van der Waals surface area contributed by atoms with Crippen molar-refractivity contribution >= 4 is 5.91 Å². The maximum Gasteiger partial charge on any atom is 0.264 e. The van der Waals surface area contributed by atoms with E-state index in [2.05, 4.69) is 15.5 Å². The molecule has 2 N–H and O–H groups in total. The molecule has 1 saturated carbocycles. The van der Waals surface area contributed by atoms with Crippen LogP contribution in [0.3, 0.4) is 0 Å². The van der Waals surface area contributed by atoms with Crippen LogP contribution in [0.25, 0.3) is 0 Å². The number of amides is 1. The summed E-state index contributed by atoms with van der Waals surface area (Å²) in [5.41, 5.74) is 0.396. The molecule has 0 aliphatic heterocycles. The molecule has 1 amide bonds.